The molecular formula is C14H13ClN2OS. The van der Waals surface area contributed by atoms with Gasteiger partial charge in [-0.05, 0) is 24.6 Å². The quantitative estimate of drug-likeness (QED) is 0.884. The lowest BCUT2D eigenvalue weighted by molar-refractivity contribution is 0.730. The number of halogens is 1. The maximum atomic E-state index is 11.8. The fraction of sp³-hybridized carbons (Fsp3) is 0.143. The Morgan fingerprint density at radius 1 is 1.37 bits per heavy atom. The Hall–Kier alpha value is -1.65. The number of hydrogen-bond donors (Lipinski definition) is 1. The van der Waals surface area contributed by atoms with Crippen LogP contribution in [0.4, 0.5) is 0 Å². The molecule has 2 rings (SSSR count). The van der Waals surface area contributed by atoms with Gasteiger partial charge in [0.15, 0.2) is 0 Å². The van der Waals surface area contributed by atoms with Crippen LogP contribution in [0, 0.1) is 6.92 Å². The number of thiocarbonyl (C=S) groups is 1. The normalized spacial score (nSPS) is 10.4. The number of rotatable bonds is 3. The van der Waals surface area contributed by atoms with Crippen molar-refractivity contribution in [2.75, 3.05) is 0 Å². The molecule has 2 aromatic rings. The Balaban J connectivity index is 2.39. The third kappa shape index (κ3) is 3.03. The van der Waals surface area contributed by atoms with Crippen LogP contribution in [-0.2, 0) is 6.54 Å². The summed E-state index contributed by atoms with van der Waals surface area (Å²) in [5.74, 6) is 0. The van der Waals surface area contributed by atoms with Gasteiger partial charge in [0.1, 0.15) is 4.99 Å². The van der Waals surface area contributed by atoms with E-state index in [1.165, 1.54) is 6.07 Å². The zero-order valence-corrected chi connectivity index (χ0v) is 12.0. The van der Waals surface area contributed by atoms with E-state index in [4.69, 9.17) is 29.6 Å². The van der Waals surface area contributed by atoms with Gasteiger partial charge >= 0.3 is 0 Å². The van der Waals surface area contributed by atoms with E-state index < -0.39 is 0 Å². The average Bonchev–Trinajstić information content (AvgIpc) is 2.35. The van der Waals surface area contributed by atoms with Crippen molar-refractivity contribution in [1.82, 2.24) is 4.57 Å². The first-order valence-corrected chi connectivity index (χ1v) is 6.52. The number of hydrogen-bond acceptors (Lipinski definition) is 2. The van der Waals surface area contributed by atoms with Crippen LogP contribution in [0.25, 0.3) is 0 Å². The van der Waals surface area contributed by atoms with Gasteiger partial charge in [0.05, 0.1) is 6.54 Å². The highest BCUT2D eigenvalue weighted by Crippen LogP contribution is 2.19. The van der Waals surface area contributed by atoms with Gasteiger partial charge < -0.3 is 10.3 Å². The second-order valence-electron chi connectivity index (χ2n) is 4.26. The fourth-order valence-corrected chi connectivity index (χ4v) is 2.19. The summed E-state index contributed by atoms with van der Waals surface area (Å²) >= 11 is 11.1. The Morgan fingerprint density at radius 3 is 2.68 bits per heavy atom. The summed E-state index contributed by atoms with van der Waals surface area (Å²) in [7, 11) is 0. The van der Waals surface area contributed by atoms with E-state index in [1.807, 2.05) is 25.1 Å². The van der Waals surface area contributed by atoms with Gasteiger partial charge in [0.2, 0.25) is 0 Å². The van der Waals surface area contributed by atoms with Crippen molar-refractivity contribution in [1.29, 1.82) is 0 Å². The SMILES string of the molecule is Cc1cccc(=O)n1Cc1ccc(C(N)=S)cc1Cl. The lowest BCUT2D eigenvalue weighted by Gasteiger charge is -2.11. The van der Waals surface area contributed by atoms with Crippen molar-refractivity contribution in [3.05, 3.63) is 68.6 Å². The minimum atomic E-state index is -0.0468. The molecule has 1 aromatic heterocycles. The number of nitrogens with zero attached hydrogens (tertiary/aromatic N) is 1. The molecule has 1 aromatic carbocycles. The average molecular weight is 293 g/mol. The first-order valence-electron chi connectivity index (χ1n) is 5.73. The van der Waals surface area contributed by atoms with Crippen LogP contribution in [0.3, 0.4) is 0 Å². The predicted octanol–water partition coefficient (Wildman–Crippen LogP) is 2.49. The van der Waals surface area contributed by atoms with E-state index in [2.05, 4.69) is 0 Å². The molecule has 0 saturated carbocycles. The highest BCUT2D eigenvalue weighted by atomic mass is 35.5. The Bertz CT molecular complexity index is 694. The zero-order valence-electron chi connectivity index (χ0n) is 10.4. The summed E-state index contributed by atoms with van der Waals surface area (Å²) in [4.78, 5) is 12.1. The molecular weight excluding hydrogens is 280 g/mol. The lowest BCUT2D eigenvalue weighted by Crippen LogP contribution is -2.21. The first kappa shape index (κ1) is 13.8. The zero-order chi connectivity index (χ0) is 14.0. The van der Waals surface area contributed by atoms with E-state index in [0.29, 0.717) is 16.6 Å². The van der Waals surface area contributed by atoms with E-state index in [0.717, 1.165) is 16.8 Å². The van der Waals surface area contributed by atoms with Gasteiger partial charge in [-0.1, -0.05) is 42.0 Å². The largest absolute Gasteiger partial charge is 0.389 e. The number of aryl methyl sites for hydroxylation is 1. The van der Waals surface area contributed by atoms with Crippen molar-refractivity contribution >= 4 is 28.8 Å². The Kier molecular flexibility index (Phi) is 4.02. The number of aromatic nitrogens is 1. The van der Waals surface area contributed by atoms with Gasteiger partial charge in [-0.15, -0.1) is 0 Å². The van der Waals surface area contributed by atoms with Crippen LogP contribution in [-0.4, -0.2) is 9.56 Å². The predicted molar refractivity (Wildman–Crippen MR) is 81.9 cm³/mol. The van der Waals surface area contributed by atoms with Crippen LogP contribution in [0.1, 0.15) is 16.8 Å². The fourth-order valence-electron chi connectivity index (χ4n) is 1.83. The summed E-state index contributed by atoms with van der Waals surface area (Å²) in [6, 6.07) is 10.5. The van der Waals surface area contributed by atoms with Crippen LogP contribution >= 0.6 is 23.8 Å². The maximum absolute atomic E-state index is 11.8. The van der Waals surface area contributed by atoms with Crippen molar-refractivity contribution in [3.63, 3.8) is 0 Å². The van der Waals surface area contributed by atoms with E-state index >= 15 is 0 Å². The van der Waals surface area contributed by atoms with E-state index in [9.17, 15) is 4.79 Å². The molecule has 1 heterocycles. The molecule has 5 heteroatoms. The highest BCUT2D eigenvalue weighted by Gasteiger charge is 2.06. The molecule has 0 spiro atoms. The van der Waals surface area contributed by atoms with Crippen LogP contribution in [0.2, 0.25) is 5.02 Å². The molecule has 0 unspecified atom stereocenters. The molecule has 0 bridgehead atoms. The van der Waals surface area contributed by atoms with Crippen LogP contribution in [0.5, 0.6) is 0 Å². The Morgan fingerprint density at radius 2 is 2.11 bits per heavy atom. The van der Waals surface area contributed by atoms with Gasteiger partial charge in [-0.3, -0.25) is 4.79 Å². The van der Waals surface area contributed by atoms with Gasteiger partial charge in [0, 0.05) is 22.3 Å². The molecule has 19 heavy (non-hydrogen) atoms. The molecule has 0 aliphatic carbocycles. The summed E-state index contributed by atoms with van der Waals surface area (Å²) in [5.41, 5.74) is 7.98. The molecule has 0 aliphatic rings. The van der Waals surface area contributed by atoms with Crippen molar-refractivity contribution in [2.24, 2.45) is 5.73 Å². The minimum Gasteiger partial charge on any atom is -0.389 e. The van der Waals surface area contributed by atoms with Gasteiger partial charge in [-0.2, -0.15) is 0 Å². The summed E-state index contributed by atoms with van der Waals surface area (Å²) in [6.45, 7) is 2.32. The third-order valence-corrected chi connectivity index (χ3v) is 3.52. The molecule has 0 amide bonds. The van der Waals surface area contributed by atoms with E-state index in [1.54, 1.807) is 16.7 Å². The molecule has 0 aliphatic heterocycles. The Labute approximate surface area is 121 Å². The third-order valence-electron chi connectivity index (χ3n) is 2.93. The van der Waals surface area contributed by atoms with Crippen molar-refractivity contribution in [2.45, 2.75) is 13.5 Å². The lowest BCUT2D eigenvalue weighted by atomic mass is 10.1. The first-order chi connectivity index (χ1) is 8.99. The van der Waals surface area contributed by atoms with Crippen LogP contribution < -0.4 is 11.3 Å². The minimum absolute atomic E-state index is 0.0468. The smallest absolute Gasteiger partial charge is 0.251 e. The topological polar surface area (TPSA) is 48.0 Å². The molecule has 0 fully saturated rings. The van der Waals surface area contributed by atoms with Crippen molar-refractivity contribution in [3.8, 4) is 0 Å². The summed E-state index contributed by atoms with van der Waals surface area (Å²) in [5, 5.41) is 0.556. The van der Waals surface area contributed by atoms with Gasteiger partial charge in [-0.25, -0.2) is 0 Å². The summed E-state index contributed by atoms with van der Waals surface area (Å²) < 4.78 is 1.67. The molecule has 2 N–H and O–H groups in total. The van der Waals surface area contributed by atoms with E-state index in [-0.39, 0.29) is 5.56 Å². The number of nitrogens with two attached hydrogens (primary N) is 1. The molecule has 3 nitrogen and oxygen atoms in total. The standard InChI is InChI=1S/C14H13ClN2OS/c1-9-3-2-4-13(18)17(9)8-11-6-5-10(14(16)19)7-12(11)15/h2-7H,8H2,1H3,(H2,16,19). The monoisotopic (exact) mass is 292 g/mol. The molecule has 0 radical (unpaired) electrons. The van der Waals surface area contributed by atoms with Gasteiger partial charge in [0.25, 0.3) is 5.56 Å². The van der Waals surface area contributed by atoms with Crippen molar-refractivity contribution < 1.29 is 0 Å². The summed E-state index contributed by atoms with van der Waals surface area (Å²) in [6.07, 6.45) is 0. The highest BCUT2D eigenvalue weighted by molar-refractivity contribution is 7.80. The number of benzene rings is 1. The second kappa shape index (κ2) is 5.55. The molecule has 0 atom stereocenters. The number of pyridine rings is 1. The molecule has 0 saturated heterocycles. The maximum Gasteiger partial charge on any atom is 0.251 e. The van der Waals surface area contributed by atoms with Crippen LogP contribution in [0.15, 0.2) is 41.2 Å². The second-order valence-corrected chi connectivity index (χ2v) is 5.11. The molecule has 98 valence electrons.